The zero-order chi connectivity index (χ0) is 15.8. The van der Waals surface area contributed by atoms with E-state index < -0.39 is 5.97 Å². The number of aliphatic carboxylic acids is 1. The summed E-state index contributed by atoms with van der Waals surface area (Å²) >= 11 is 0. The SMILES string of the molecule is CCCCCCCC(=CC=CC(=O)O)CCCCCCC. The van der Waals surface area contributed by atoms with Gasteiger partial charge in [-0.2, -0.15) is 0 Å². The fourth-order valence-electron chi connectivity index (χ4n) is 2.47. The molecule has 0 saturated carbocycles. The summed E-state index contributed by atoms with van der Waals surface area (Å²) in [5.74, 6) is -0.864. The second kappa shape index (κ2) is 15.3. The van der Waals surface area contributed by atoms with Crippen molar-refractivity contribution in [1.29, 1.82) is 0 Å². The van der Waals surface area contributed by atoms with E-state index in [1.165, 1.54) is 75.9 Å². The zero-order valence-corrected chi connectivity index (χ0v) is 14.1. The van der Waals surface area contributed by atoms with Gasteiger partial charge in [-0.1, -0.05) is 82.9 Å². The van der Waals surface area contributed by atoms with E-state index in [4.69, 9.17) is 5.11 Å². The highest BCUT2D eigenvalue weighted by atomic mass is 16.4. The lowest BCUT2D eigenvalue weighted by atomic mass is 9.99. The third-order valence-electron chi connectivity index (χ3n) is 3.77. The molecule has 0 aliphatic rings. The van der Waals surface area contributed by atoms with Crippen molar-refractivity contribution in [3.63, 3.8) is 0 Å². The average Bonchev–Trinajstić information content (AvgIpc) is 2.45. The predicted octanol–water partition coefficient (Wildman–Crippen LogP) is 6.27. The Bertz CT molecular complexity index is 287. The Morgan fingerprint density at radius 1 is 0.810 bits per heavy atom. The highest BCUT2D eigenvalue weighted by molar-refractivity contribution is 5.80. The molecule has 0 heterocycles. The van der Waals surface area contributed by atoms with Crippen LogP contribution in [-0.4, -0.2) is 11.1 Å². The first-order chi connectivity index (χ1) is 10.2. The molecule has 0 atom stereocenters. The minimum atomic E-state index is -0.864. The Morgan fingerprint density at radius 3 is 1.71 bits per heavy atom. The van der Waals surface area contributed by atoms with Gasteiger partial charge in [0.1, 0.15) is 0 Å². The van der Waals surface area contributed by atoms with Gasteiger partial charge < -0.3 is 5.11 Å². The number of allylic oxidation sites excluding steroid dienone is 3. The second-order valence-corrected chi connectivity index (χ2v) is 5.85. The van der Waals surface area contributed by atoms with Gasteiger partial charge in [-0.3, -0.25) is 0 Å². The molecule has 122 valence electrons. The molecule has 0 bridgehead atoms. The molecular weight excluding hydrogens is 260 g/mol. The lowest BCUT2D eigenvalue weighted by Gasteiger charge is -2.07. The summed E-state index contributed by atoms with van der Waals surface area (Å²) in [5, 5.41) is 8.66. The monoisotopic (exact) mass is 294 g/mol. The third kappa shape index (κ3) is 15.2. The first-order valence-electron chi connectivity index (χ1n) is 8.79. The molecule has 0 unspecified atom stereocenters. The van der Waals surface area contributed by atoms with Crippen LogP contribution < -0.4 is 0 Å². The standard InChI is InChI=1S/C19H34O2/c1-3-5-7-9-11-14-18(16-13-17-19(20)21)15-12-10-8-6-4-2/h13,16-17H,3-12,14-15H2,1-2H3,(H,20,21). The highest BCUT2D eigenvalue weighted by Crippen LogP contribution is 2.18. The molecule has 0 saturated heterocycles. The van der Waals surface area contributed by atoms with Crippen LogP contribution >= 0.6 is 0 Å². The van der Waals surface area contributed by atoms with E-state index in [-0.39, 0.29) is 0 Å². The molecule has 0 aromatic rings. The Labute approximate surface area is 131 Å². The Morgan fingerprint density at radius 2 is 1.29 bits per heavy atom. The molecule has 0 amide bonds. The third-order valence-corrected chi connectivity index (χ3v) is 3.77. The summed E-state index contributed by atoms with van der Waals surface area (Å²) < 4.78 is 0. The summed E-state index contributed by atoms with van der Waals surface area (Å²) in [5.41, 5.74) is 1.42. The molecular formula is C19H34O2. The van der Waals surface area contributed by atoms with Crippen molar-refractivity contribution in [1.82, 2.24) is 0 Å². The number of carbonyl (C=O) groups is 1. The van der Waals surface area contributed by atoms with Crippen LogP contribution in [0, 0.1) is 0 Å². The lowest BCUT2D eigenvalue weighted by molar-refractivity contribution is -0.131. The molecule has 2 nitrogen and oxygen atoms in total. The quantitative estimate of drug-likeness (QED) is 0.233. The minimum absolute atomic E-state index is 0.864. The summed E-state index contributed by atoms with van der Waals surface area (Å²) in [4.78, 5) is 10.5. The van der Waals surface area contributed by atoms with Gasteiger partial charge in [0, 0.05) is 6.08 Å². The molecule has 21 heavy (non-hydrogen) atoms. The van der Waals surface area contributed by atoms with Crippen molar-refractivity contribution in [3.05, 3.63) is 23.8 Å². The fourth-order valence-corrected chi connectivity index (χ4v) is 2.47. The van der Waals surface area contributed by atoms with Gasteiger partial charge in [0.25, 0.3) is 0 Å². The smallest absolute Gasteiger partial charge is 0.328 e. The van der Waals surface area contributed by atoms with Crippen LogP contribution in [0.3, 0.4) is 0 Å². The van der Waals surface area contributed by atoms with Crippen LogP contribution in [0.1, 0.15) is 90.9 Å². The van der Waals surface area contributed by atoms with Gasteiger partial charge in [0.05, 0.1) is 0 Å². The van der Waals surface area contributed by atoms with Crippen LogP contribution in [0.2, 0.25) is 0 Å². The molecule has 0 aromatic heterocycles. The number of rotatable bonds is 14. The van der Waals surface area contributed by atoms with Gasteiger partial charge in [-0.05, 0) is 25.7 Å². The number of carboxylic acid groups (broad SMARTS) is 1. The normalized spacial score (nSPS) is 11.0. The van der Waals surface area contributed by atoms with Crippen molar-refractivity contribution in [2.24, 2.45) is 0 Å². The highest BCUT2D eigenvalue weighted by Gasteiger charge is 1.99. The van der Waals surface area contributed by atoms with Crippen molar-refractivity contribution in [2.75, 3.05) is 0 Å². The molecule has 0 rings (SSSR count). The fraction of sp³-hybridized carbons (Fsp3) is 0.737. The van der Waals surface area contributed by atoms with Crippen LogP contribution in [0.25, 0.3) is 0 Å². The van der Waals surface area contributed by atoms with E-state index in [1.807, 2.05) is 6.08 Å². The Kier molecular flexibility index (Phi) is 14.6. The largest absolute Gasteiger partial charge is 0.478 e. The van der Waals surface area contributed by atoms with Gasteiger partial charge in [-0.25, -0.2) is 4.79 Å². The summed E-state index contributed by atoms with van der Waals surface area (Å²) in [6.07, 6.45) is 20.1. The van der Waals surface area contributed by atoms with Crippen LogP contribution in [-0.2, 0) is 4.79 Å². The summed E-state index contributed by atoms with van der Waals surface area (Å²) in [7, 11) is 0. The molecule has 1 N–H and O–H groups in total. The first-order valence-corrected chi connectivity index (χ1v) is 8.79. The lowest BCUT2D eigenvalue weighted by Crippen LogP contribution is -1.89. The van der Waals surface area contributed by atoms with Crippen LogP contribution in [0.4, 0.5) is 0 Å². The zero-order valence-electron chi connectivity index (χ0n) is 14.1. The van der Waals surface area contributed by atoms with Gasteiger partial charge in [0.2, 0.25) is 0 Å². The van der Waals surface area contributed by atoms with E-state index in [0.29, 0.717) is 0 Å². The number of unbranched alkanes of at least 4 members (excludes halogenated alkanes) is 8. The predicted molar refractivity (Wildman–Crippen MR) is 91.6 cm³/mol. The van der Waals surface area contributed by atoms with E-state index in [2.05, 4.69) is 13.8 Å². The maximum absolute atomic E-state index is 10.5. The summed E-state index contributed by atoms with van der Waals surface area (Å²) in [6.45, 7) is 4.47. The van der Waals surface area contributed by atoms with E-state index >= 15 is 0 Å². The Balaban J connectivity index is 4.05. The maximum Gasteiger partial charge on any atom is 0.328 e. The Hall–Kier alpha value is -1.05. The maximum atomic E-state index is 10.5. The number of carboxylic acids is 1. The molecule has 0 fully saturated rings. The molecule has 0 aliphatic carbocycles. The average molecular weight is 294 g/mol. The van der Waals surface area contributed by atoms with Crippen LogP contribution in [0.15, 0.2) is 23.8 Å². The van der Waals surface area contributed by atoms with Crippen molar-refractivity contribution in [3.8, 4) is 0 Å². The van der Waals surface area contributed by atoms with Crippen molar-refractivity contribution >= 4 is 5.97 Å². The molecule has 0 aliphatic heterocycles. The van der Waals surface area contributed by atoms with Crippen molar-refractivity contribution < 1.29 is 9.90 Å². The van der Waals surface area contributed by atoms with E-state index in [9.17, 15) is 4.79 Å². The molecule has 0 radical (unpaired) electrons. The molecule has 2 heteroatoms. The number of hydrogen-bond donors (Lipinski definition) is 1. The van der Waals surface area contributed by atoms with E-state index in [0.717, 1.165) is 12.8 Å². The second-order valence-electron chi connectivity index (χ2n) is 5.85. The van der Waals surface area contributed by atoms with Crippen molar-refractivity contribution in [2.45, 2.75) is 90.9 Å². The van der Waals surface area contributed by atoms with Gasteiger partial charge >= 0.3 is 5.97 Å². The molecule has 0 aromatic carbocycles. The van der Waals surface area contributed by atoms with E-state index in [1.54, 1.807) is 6.08 Å². The summed E-state index contributed by atoms with van der Waals surface area (Å²) in [6, 6.07) is 0. The van der Waals surface area contributed by atoms with Crippen LogP contribution in [0.5, 0.6) is 0 Å². The first kappa shape index (κ1) is 19.9. The number of hydrogen-bond acceptors (Lipinski definition) is 1. The minimum Gasteiger partial charge on any atom is -0.478 e. The molecule has 0 spiro atoms. The van der Waals surface area contributed by atoms with Gasteiger partial charge in [0.15, 0.2) is 0 Å². The topological polar surface area (TPSA) is 37.3 Å². The van der Waals surface area contributed by atoms with Gasteiger partial charge in [-0.15, -0.1) is 0 Å².